The van der Waals surface area contributed by atoms with Crippen LogP contribution >= 0.6 is 23.7 Å². The first-order valence-corrected chi connectivity index (χ1v) is 8.77. The summed E-state index contributed by atoms with van der Waals surface area (Å²) in [5, 5.41) is 3.13. The Hall–Kier alpha value is -1.43. The van der Waals surface area contributed by atoms with Gasteiger partial charge in [0, 0.05) is 10.9 Å². The van der Waals surface area contributed by atoms with Crippen molar-refractivity contribution in [3.63, 3.8) is 0 Å². The molecule has 1 amide bonds. The molecule has 1 fully saturated rings. The zero-order valence-corrected chi connectivity index (χ0v) is 15.2. The number of thiophene rings is 1. The van der Waals surface area contributed by atoms with E-state index in [1.807, 2.05) is 13.0 Å². The van der Waals surface area contributed by atoms with Crippen LogP contribution in [0.25, 0.3) is 10.4 Å². The van der Waals surface area contributed by atoms with Crippen LogP contribution in [0.2, 0.25) is 0 Å². The van der Waals surface area contributed by atoms with Crippen LogP contribution in [0.1, 0.15) is 34.5 Å². The maximum atomic E-state index is 13.1. The van der Waals surface area contributed by atoms with Gasteiger partial charge in [-0.25, -0.2) is 4.39 Å². The standard InChI is InChI=1S/C18H21FN2OS.ClH/c1-11-9-16(18(22)21-15-4-2-3-13(15)10-20)23-17(11)12-5-7-14(19)8-6-12;/h5-9,13,15H,2-4,10,20H2,1H3,(H,21,22);1H. The zero-order valence-electron chi connectivity index (χ0n) is 13.5. The van der Waals surface area contributed by atoms with Gasteiger partial charge in [-0.1, -0.05) is 18.6 Å². The molecule has 0 radical (unpaired) electrons. The molecule has 2 unspecified atom stereocenters. The molecule has 1 aliphatic rings. The Morgan fingerprint density at radius 3 is 2.71 bits per heavy atom. The minimum Gasteiger partial charge on any atom is -0.348 e. The largest absolute Gasteiger partial charge is 0.348 e. The molecule has 0 bridgehead atoms. The molecular formula is C18H22ClFN2OS. The summed E-state index contributed by atoms with van der Waals surface area (Å²) in [5.41, 5.74) is 7.75. The third-order valence-corrected chi connectivity index (χ3v) is 5.81. The lowest BCUT2D eigenvalue weighted by molar-refractivity contribution is 0.0933. The highest BCUT2D eigenvalue weighted by atomic mass is 35.5. The van der Waals surface area contributed by atoms with E-state index < -0.39 is 0 Å². The second-order valence-electron chi connectivity index (χ2n) is 6.14. The van der Waals surface area contributed by atoms with E-state index in [-0.39, 0.29) is 30.2 Å². The van der Waals surface area contributed by atoms with Crippen molar-refractivity contribution in [3.8, 4) is 10.4 Å². The first-order chi connectivity index (χ1) is 11.1. The highest BCUT2D eigenvalue weighted by Crippen LogP contribution is 2.33. The second-order valence-corrected chi connectivity index (χ2v) is 7.19. The summed E-state index contributed by atoms with van der Waals surface area (Å²) in [4.78, 5) is 14.2. The van der Waals surface area contributed by atoms with Gasteiger partial charge < -0.3 is 11.1 Å². The van der Waals surface area contributed by atoms with Crippen LogP contribution in [-0.2, 0) is 0 Å². The molecule has 1 aliphatic carbocycles. The van der Waals surface area contributed by atoms with Crippen molar-refractivity contribution in [1.29, 1.82) is 0 Å². The summed E-state index contributed by atoms with van der Waals surface area (Å²) >= 11 is 1.45. The normalized spacial score (nSPS) is 19.8. The molecule has 1 aromatic carbocycles. The van der Waals surface area contributed by atoms with Gasteiger partial charge in [-0.05, 0) is 61.6 Å². The molecule has 2 atom stereocenters. The maximum absolute atomic E-state index is 13.1. The molecule has 1 aromatic heterocycles. The van der Waals surface area contributed by atoms with Crippen LogP contribution in [0.15, 0.2) is 30.3 Å². The van der Waals surface area contributed by atoms with Gasteiger partial charge in [0.1, 0.15) is 5.82 Å². The van der Waals surface area contributed by atoms with Crippen LogP contribution in [0, 0.1) is 18.7 Å². The van der Waals surface area contributed by atoms with Crippen molar-refractivity contribution in [1.82, 2.24) is 5.32 Å². The Morgan fingerprint density at radius 1 is 1.33 bits per heavy atom. The van der Waals surface area contributed by atoms with Crippen LogP contribution in [0.3, 0.4) is 0 Å². The molecule has 3 N–H and O–H groups in total. The Kier molecular flexibility index (Phi) is 6.38. The van der Waals surface area contributed by atoms with Crippen LogP contribution < -0.4 is 11.1 Å². The van der Waals surface area contributed by atoms with E-state index in [9.17, 15) is 9.18 Å². The molecule has 0 aliphatic heterocycles. The first kappa shape index (κ1) is 18.9. The summed E-state index contributed by atoms with van der Waals surface area (Å²) in [6.45, 7) is 2.60. The third-order valence-electron chi connectivity index (χ3n) is 4.53. The Bertz CT molecular complexity index is 702. The Balaban J connectivity index is 0.00000208. The third kappa shape index (κ3) is 3.97. The zero-order chi connectivity index (χ0) is 16.4. The van der Waals surface area contributed by atoms with Crippen LogP contribution in [0.5, 0.6) is 0 Å². The van der Waals surface area contributed by atoms with Gasteiger partial charge in [-0.3, -0.25) is 4.79 Å². The number of rotatable bonds is 4. The van der Waals surface area contributed by atoms with Crippen LogP contribution in [0.4, 0.5) is 4.39 Å². The fourth-order valence-electron chi connectivity index (χ4n) is 3.23. The quantitative estimate of drug-likeness (QED) is 0.852. The number of hydrogen-bond acceptors (Lipinski definition) is 3. The predicted octanol–water partition coefficient (Wildman–Crippen LogP) is 4.14. The van der Waals surface area contributed by atoms with E-state index in [1.165, 1.54) is 23.5 Å². The second kappa shape index (κ2) is 8.10. The van der Waals surface area contributed by atoms with Crippen molar-refractivity contribution < 1.29 is 9.18 Å². The fraction of sp³-hybridized carbons (Fsp3) is 0.389. The number of halogens is 2. The molecule has 3 nitrogen and oxygen atoms in total. The molecule has 1 saturated carbocycles. The highest BCUT2D eigenvalue weighted by Gasteiger charge is 2.28. The molecule has 24 heavy (non-hydrogen) atoms. The van der Waals surface area contributed by atoms with E-state index in [0.717, 1.165) is 35.3 Å². The van der Waals surface area contributed by atoms with Crippen molar-refractivity contribution in [2.45, 2.75) is 32.2 Å². The van der Waals surface area contributed by atoms with E-state index >= 15 is 0 Å². The Morgan fingerprint density at radius 2 is 2.04 bits per heavy atom. The van der Waals surface area contributed by atoms with Gasteiger partial charge in [0.25, 0.3) is 5.91 Å². The number of hydrogen-bond donors (Lipinski definition) is 2. The van der Waals surface area contributed by atoms with E-state index in [4.69, 9.17) is 5.73 Å². The van der Waals surface area contributed by atoms with Gasteiger partial charge >= 0.3 is 0 Å². The average molecular weight is 369 g/mol. The molecule has 3 rings (SSSR count). The molecule has 0 saturated heterocycles. The number of nitrogens with one attached hydrogen (secondary N) is 1. The first-order valence-electron chi connectivity index (χ1n) is 7.96. The molecule has 2 aromatic rings. The van der Waals surface area contributed by atoms with Gasteiger partial charge in [0.05, 0.1) is 4.88 Å². The number of nitrogens with two attached hydrogens (primary N) is 1. The molecule has 0 spiro atoms. The summed E-state index contributed by atoms with van der Waals surface area (Å²) in [6.07, 6.45) is 3.21. The summed E-state index contributed by atoms with van der Waals surface area (Å²) in [7, 11) is 0. The lowest BCUT2D eigenvalue weighted by Gasteiger charge is -2.18. The number of carbonyl (C=O) groups excluding carboxylic acids is 1. The lowest BCUT2D eigenvalue weighted by atomic mass is 10.0. The van der Waals surface area contributed by atoms with Gasteiger partial charge in [0.15, 0.2) is 0 Å². The topological polar surface area (TPSA) is 55.1 Å². The van der Waals surface area contributed by atoms with E-state index in [2.05, 4.69) is 5.32 Å². The number of benzene rings is 1. The van der Waals surface area contributed by atoms with Gasteiger partial charge in [-0.15, -0.1) is 23.7 Å². The summed E-state index contributed by atoms with van der Waals surface area (Å²) in [5.74, 6) is 0.100. The van der Waals surface area contributed by atoms with Gasteiger partial charge in [-0.2, -0.15) is 0 Å². The highest BCUT2D eigenvalue weighted by molar-refractivity contribution is 7.17. The van der Waals surface area contributed by atoms with Crippen molar-refractivity contribution in [3.05, 3.63) is 46.6 Å². The van der Waals surface area contributed by atoms with Crippen LogP contribution in [-0.4, -0.2) is 18.5 Å². The monoisotopic (exact) mass is 368 g/mol. The smallest absolute Gasteiger partial charge is 0.261 e. The maximum Gasteiger partial charge on any atom is 0.261 e. The molecular weight excluding hydrogens is 347 g/mol. The van der Waals surface area contributed by atoms with Gasteiger partial charge in [0.2, 0.25) is 0 Å². The molecule has 130 valence electrons. The van der Waals surface area contributed by atoms with E-state index in [0.29, 0.717) is 17.3 Å². The van der Waals surface area contributed by atoms with Crippen molar-refractivity contribution >= 4 is 29.7 Å². The summed E-state index contributed by atoms with van der Waals surface area (Å²) in [6, 6.07) is 8.47. The number of aryl methyl sites for hydroxylation is 1. The lowest BCUT2D eigenvalue weighted by Crippen LogP contribution is -2.39. The Labute approximate surface area is 151 Å². The number of amides is 1. The van der Waals surface area contributed by atoms with E-state index in [1.54, 1.807) is 12.1 Å². The number of carbonyl (C=O) groups is 1. The minimum absolute atomic E-state index is 0. The summed E-state index contributed by atoms with van der Waals surface area (Å²) < 4.78 is 13.1. The fourth-order valence-corrected chi connectivity index (χ4v) is 4.31. The average Bonchev–Trinajstić information content (AvgIpc) is 3.14. The minimum atomic E-state index is -0.255. The molecule has 6 heteroatoms. The SMILES string of the molecule is Cc1cc(C(=O)NC2CCCC2CN)sc1-c1ccc(F)cc1.Cl. The molecule has 1 heterocycles. The van der Waals surface area contributed by atoms with Crippen molar-refractivity contribution in [2.75, 3.05) is 6.54 Å². The van der Waals surface area contributed by atoms with Crippen molar-refractivity contribution in [2.24, 2.45) is 11.7 Å². The predicted molar refractivity (Wildman–Crippen MR) is 99.3 cm³/mol.